The highest BCUT2D eigenvalue weighted by Crippen LogP contribution is 2.05. The Morgan fingerprint density at radius 3 is 2.67 bits per heavy atom. The van der Waals surface area contributed by atoms with Crippen molar-refractivity contribution in [3.05, 3.63) is 35.9 Å². The van der Waals surface area contributed by atoms with Crippen molar-refractivity contribution in [1.82, 2.24) is 0 Å². The Labute approximate surface area is 73.8 Å². The second-order valence-corrected chi connectivity index (χ2v) is 2.84. The fraction of sp³-hybridized carbons (Fsp3) is 0.273. The molecule has 0 spiro atoms. The lowest BCUT2D eigenvalue weighted by molar-refractivity contribution is -0.682. The Morgan fingerprint density at radius 1 is 1.42 bits per heavy atom. The molecule has 0 bridgehead atoms. The molecule has 0 aliphatic rings. The first-order chi connectivity index (χ1) is 5.84. The number of quaternary nitrogens is 1. The van der Waals surface area contributed by atoms with Gasteiger partial charge in [-0.25, -0.2) is 0 Å². The van der Waals surface area contributed by atoms with E-state index in [4.69, 9.17) is 6.42 Å². The van der Waals surface area contributed by atoms with E-state index < -0.39 is 0 Å². The van der Waals surface area contributed by atoms with E-state index in [9.17, 15) is 0 Å². The Kier molecular flexibility index (Phi) is 3.37. The molecule has 0 saturated heterocycles. The molecule has 0 unspecified atom stereocenters. The van der Waals surface area contributed by atoms with E-state index in [1.165, 1.54) is 5.56 Å². The Bertz CT molecular complexity index is 258. The molecule has 0 saturated carbocycles. The van der Waals surface area contributed by atoms with Gasteiger partial charge in [0.2, 0.25) is 0 Å². The molecule has 0 radical (unpaired) electrons. The number of hydrogen-bond acceptors (Lipinski definition) is 0. The van der Waals surface area contributed by atoms with E-state index in [-0.39, 0.29) is 0 Å². The molecule has 1 nitrogen and oxygen atoms in total. The minimum atomic E-state index is 0.460. The molecule has 0 aromatic heterocycles. The molecule has 0 heterocycles. The summed E-state index contributed by atoms with van der Waals surface area (Å²) in [6.45, 7) is 2.91. The summed E-state index contributed by atoms with van der Waals surface area (Å²) in [6, 6.07) is 10.8. The molecule has 0 amide bonds. The lowest BCUT2D eigenvalue weighted by Gasteiger charge is -2.07. The van der Waals surface area contributed by atoms with Crippen molar-refractivity contribution < 1.29 is 5.32 Å². The summed E-state index contributed by atoms with van der Waals surface area (Å²) in [5, 5.41) is 2.15. The molecule has 0 aliphatic carbocycles. The third-order valence-corrected chi connectivity index (χ3v) is 1.91. The molecule has 1 heteroatoms. The molecule has 0 aliphatic heterocycles. The molecular formula is C11H14N+. The summed E-state index contributed by atoms with van der Waals surface area (Å²) in [7, 11) is 0. The van der Waals surface area contributed by atoms with E-state index in [2.05, 4.69) is 42.4 Å². The molecule has 1 atom stereocenters. The van der Waals surface area contributed by atoms with Gasteiger partial charge in [-0.2, -0.15) is 0 Å². The monoisotopic (exact) mass is 160 g/mol. The second-order valence-electron chi connectivity index (χ2n) is 2.84. The molecule has 1 rings (SSSR count). The van der Waals surface area contributed by atoms with E-state index in [1.54, 1.807) is 0 Å². The summed E-state index contributed by atoms with van der Waals surface area (Å²) in [5.41, 5.74) is 1.33. The number of terminal acetylenes is 1. The molecule has 1 aromatic rings. The van der Waals surface area contributed by atoms with Gasteiger partial charge in [0.25, 0.3) is 0 Å². The first-order valence-corrected chi connectivity index (χ1v) is 4.16. The maximum absolute atomic E-state index is 5.17. The van der Waals surface area contributed by atoms with Crippen LogP contribution in [0.25, 0.3) is 0 Å². The van der Waals surface area contributed by atoms with E-state index in [0.29, 0.717) is 6.04 Å². The molecule has 62 valence electrons. The third-order valence-electron chi connectivity index (χ3n) is 1.91. The summed E-state index contributed by atoms with van der Waals surface area (Å²) >= 11 is 0. The van der Waals surface area contributed by atoms with E-state index in [1.807, 2.05) is 6.07 Å². The lowest BCUT2D eigenvalue weighted by atomic mass is 10.1. The molecule has 2 N–H and O–H groups in total. The zero-order valence-electron chi connectivity index (χ0n) is 7.33. The average Bonchev–Trinajstić information content (AvgIpc) is 2.15. The van der Waals surface area contributed by atoms with Crippen LogP contribution in [0, 0.1) is 12.3 Å². The van der Waals surface area contributed by atoms with Gasteiger partial charge in [0.15, 0.2) is 0 Å². The second kappa shape index (κ2) is 4.58. The van der Waals surface area contributed by atoms with Crippen LogP contribution in [-0.2, 0) is 0 Å². The van der Waals surface area contributed by atoms with Gasteiger partial charge in [-0.15, -0.1) is 6.42 Å². The average molecular weight is 160 g/mol. The van der Waals surface area contributed by atoms with Gasteiger partial charge < -0.3 is 5.32 Å². The topological polar surface area (TPSA) is 16.6 Å². The quantitative estimate of drug-likeness (QED) is 0.634. The first-order valence-electron chi connectivity index (χ1n) is 4.16. The first kappa shape index (κ1) is 8.83. The minimum absolute atomic E-state index is 0.460. The van der Waals surface area contributed by atoms with Crippen LogP contribution in [0.1, 0.15) is 18.5 Å². The maximum atomic E-state index is 5.17. The van der Waals surface area contributed by atoms with Gasteiger partial charge in [-0.3, -0.25) is 0 Å². The van der Waals surface area contributed by atoms with E-state index >= 15 is 0 Å². The fourth-order valence-corrected chi connectivity index (χ4v) is 1.14. The zero-order chi connectivity index (χ0) is 8.81. The van der Waals surface area contributed by atoms with Crippen molar-refractivity contribution in [2.24, 2.45) is 0 Å². The zero-order valence-corrected chi connectivity index (χ0v) is 7.33. The third kappa shape index (κ3) is 2.41. The number of nitrogens with two attached hydrogens (primary N) is 1. The maximum Gasteiger partial charge on any atom is 0.138 e. The van der Waals surface area contributed by atoms with Gasteiger partial charge in [0.1, 0.15) is 12.6 Å². The predicted octanol–water partition coefficient (Wildman–Crippen LogP) is 0.944. The standard InChI is InChI=1S/C11H13N/c1-3-9-12-10(2)11-7-5-4-6-8-11/h1,4-8,10,12H,9H2,2H3/p+1/t10-/m1/s1. The van der Waals surface area contributed by atoms with Gasteiger partial charge in [-0.1, -0.05) is 30.3 Å². The molecule has 12 heavy (non-hydrogen) atoms. The smallest absolute Gasteiger partial charge is 0.138 e. The van der Waals surface area contributed by atoms with Crippen LogP contribution >= 0.6 is 0 Å². The van der Waals surface area contributed by atoms with Gasteiger partial charge in [0, 0.05) is 5.56 Å². The van der Waals surface area contributed by atoms with Crippen molar-refractivity contribution in [3.63, 3.8) is 0 Å². The number of hydrogen-bond donors (Lipinski definition) is 1. The molecular weight excluding hydrogens is 146 g/mol. The van der Waals surface area contributed by atoms with Crippen LogP contribution in [0.15, 0.2) is 30.3 Å². The van der Waals surface area contributed by atoms with Crippen LogP contribution in [0.3, 0.4) is 0 Å². The summed E-state index contributed by atoms with van der Waals surface area (Å²) < 4.78 is 0. The summed E-state index contributed by atoms with van der Waals surface area (Å²) in [5.74, 6) is 2.61. The van der Waals surface area contributed by atoms with Crippen LogP contribution in [-0.4, -0.2) is 6.54 Å². The fourth-order valence-electron chi connectivity index (χ4n) is 1.14. The van der Waals surface area contributed by atoms with Crippen LogP contribution in [0.4, 0.5) is 0 Å². The Balaban J connectivity index is 2.55. The van der Waals surface area contributed by atoms with Crippen molar-refractivity contribution >= 4 is 0 Å². The molecule has 1 aromatic carbocycles. The van der Waals surface area contributed by atoms with Gasteiger partial charge >= 0.3 is 0 Å². The van der Waals surface area contributed by atoms with Gasteiger partial charge in [-0.05, 0) is 12.8 Å². The Hall–Kier alpha value is -1.26. The van der Waals surface area contributed by atoms with Crippen LogP contribution in [0.5, 0.6) is 0 Å². The lowest BCUT2D eigenvalue weighted by Crippen LogP contribution is -2.84. The highest BCUT2D eigenvalue weighted by Gasteiger charge is 2.04. The van der Waals surface area contributed by atoms with Crippen molar-refractivity contribution in [3.8, 4) is 12.3 Å². The normalized spacial score (nSPS) is 12.0. The number of rotatable bonds is 3. The van der Waals surface area contributed by atoms with Crippen molar-refractivity contribution in [2.75, 3.05) is 6.54 Å². The van der Waals surface area contributed by atoms with Gasteiger partial charge in [0.05, 0.1) is 0 Å². The van der Waals surface area contributed by atoms with Crippen LogP contribution in [0.2, 0.25) is 0 Å². The highest BCUT2D eigenvalue weighted by molar-refractivity contribution is 5.16. The SMILES string of the molecule is C#CC[NH2+][C@H](C)c1ccccc1. The molecule has 0 fully saturated rings. The van der Waals surface area contributed by atoms with Crippen LogP contribution < -0.4 is 5.32 Å². The summed E-state index contributed by atoms with van der Waals surface area (Å²) in [6.07, 6.45) is 5.17. The number of benzene rings is 1. The largest absolute Gasteiger partial charge is 0.330 e. The predicted molar refractivity (Wildman–Crippen MR) is 50.5 cm³/mol. The van der Waals surface area contributed by atoms with E-state index in [0.717, 1.165) is 6.54 Å². The minimum Gasteiger partial charge on any atom is -0.330 e. The summed E-state index contributed by atoms with van der Waals surface area (Å²) in [4.78, 5) is 0. The highest BCUT2D eigenvalue weighted by atomic mass is 14.9. The van der Waals surface area contributed by atoms with Crippen molar-refractivity contribution in [1.29, 1.82) is 0 Å². The van der Waals surface area contributed by atoms with Crippen molar-refractivity contribution in [2.45, 2.75) is 13.0 Å². The Morgan fingerprint density at radius 2 is 2.08 bits per heavy atom.